The number of benzene rings is 1. The predicted octanol–water partition coefficient (Wildman–Crippen LogP) is 3.37. The SMILES string of the molecule is Nc1cccc(CSc2nnc3ccccn23)c1Br. The van der Waals surface area contributed by atoms with E-state index >= 15 is 0 Å². The van der Waals surface area contributed by atoms with E-state index in [0.717, 1.165) is 32.3 Å². The third-order valence-corrected chi connectivity index (χ3v) is 4.71. The van der Waals surface area contributed by atoms with Gasteiger partial charge in [-0.2, -0.15) is 0 Å². The lowest BCUT2D eigenvalue weighted by Gasteiger charge is -2.05. The fourth-order valence-electron chi connectivity index (χ4n) is 1.77. The number of anilines is 1. The lowest BCUT2D eigenvalue weighted by atomic mass is 10.2. The molecular formula is C13H11BrN4S. The fourth-order valence-corrected chi connectivity index (χ4v) is 3.28. The van der Waals surface area contributed by atoms with Gasteiger partial charge in [-0.25, -0.2) is 0 Å². The highest BCUT2D eigenvalue weighted by molar-refractivity contribution is 9.10. The number of pyridine rings is 1. The van der Waals surface area contributed by atoms with Gasteiger partial charge in [-0.3, -0.25) is 4.40 Å². The van der Waals surface area contributed by atoms with Gasteiger partial charge < -0.3 is 5.73 Å². The number of rotatable bonds is 3. The summed E-state index contributed by atoms with van der Waals surface area (Å²) < 4.78 is 2.93. The van der Waals surface area contributed by atoms with Gasteiger partial charge in [0.15, 0.2) is 10.8 Å². The van der Waals surface area contributed by atoms with Gasteiger partial charge in [-0.1, -0.05) is 30.0 Å². The zero-order chi connectivity index (χ0) is 13.2. The minimum atomic E-state index is 0.754. The summed E-state index contributed by atoms with van der Waals surface area (Å²) in [6.45, 7) is 0. The zero-order valence-corrected chi connectivity index (χ0v) is 12.4. The molecule has 2 N–H and O–H groups in total. The average molecular weight is 335 g/mol. The molecule has 0 unspecified atom stereocenters. The van der Waals surface area contributed by atoms with Gasteiger partial charge in [-0.05, 0) is 39.7 Å². The van der Waals surface area contributed by atoms with Crippen molar-refractivity contribution in [2.75, 3.05) is 5.73 Å². The topological polar surface area (TPSA) is 56.2 Å². The Bertz CT molecular complexity index is 725. The lowest BCUT2D eigenvalue weighted by Crippen LogP contribution is -1.92. The van der Waals surface area contributed by atoms with E-state index in [1.807, 2.05) is 40.9 Å². The molecule has 0 aliphatic rings. The molecule has 19 heavy (non-hydrogen) atoms. The van der Waals surface area contributed by atoms with E-state index in [2.05, 4.69) is 32.2 Å². The first kappa shape index (κ1) is 12.5. The largest absolute Gasteiger partial charge is 0.398 e. The van der Waals surface area contributed by atoms with Crippen LogP contribution in [0.1, 0.15) is 5.56 Å². The molecule has 0 fully saturated rings. The molecule has 0 radical (unpaired) electrons. The number of nitrogens with two attached hydrogens (primary N) is 1. The van der Waals surface area contributed by atoms with Crippen LogP contribution >= 0.6 is 27.7 Å². The first-order chi connectivity index (χ1) is 9.25. The van der Waals surface area contributed by atoms with Crippen molar-refractivity contribution in [1.29, 1.82) is 0 Å². The van der Waals surface area contributed by atoms with Crippen LogP contribution in [0.15, 0.2) is 52.2 Å². The highest BCUT2D eigenvalue weighted by Crippen LogP contribution is 2.29. The van der Waals surface area contributed by atoms with Gasteiger partial charge in [-0.15, -0.1) is 10.2 Å². The van der Waals surface area contributed by atoms with Crippen molar-refractivity contribution in [3.63, 3.8) is 0 Å². The minimum Gasteiger partial charge on any atom is -0.398 e. The number of fused-ring (bicyclic) bond motifs is 1. The maximum atomic E-state index is 5.87. The van der Waals surface area contributed by atoms with Crippen molar-refractivity contribution in [1.82, 2.24) is 14.6 Å². The number of aromatic nitrogens is 3. The van der Waals surface area contributed by atoms with Crippen molar-refractivity contribution in [3.05, 3.63) is 52.6 Å². The quantitative estimate of drug-likeness (QED) is 0.589. The molecule has 4 nitrogen and oxygen atoms in total. The highest BCUT2D eigenvalue weighted by atomic mass is 79.9. The van der Waals surface area contributed by atoms with E-state index < -0.39 is 0 Å². The summed E-state index contributed by atoms with van der Waals surface area (Å²) in [6.07, 6.45) is 1.96. The summed E-state index contributed by atoms with van der Waals surface area (Å²) in [5.41, 5.74) is 8.63. The molecule has 6 heteroatoms. The summed E-state index contributed by atoms with van der Waals surface area (Å²) >= 11 is 5.15. The Morgan fingerprint density at radius 3 is 2.95 bits per heavy atom. The van der Waals surface area contributed by atoms with Crippen molar-refractivity contribution in [2.24, 2.45) is 0 Å². The second-order valence-corrected chi connectivity index (χ2v) is 5.76. The van der Waals surface area contributed by atoms with Crippen LogP contribution in [0.4, 0.5) is 5.69 Å². The Balaban J connectivity index is 1.84. The monoisotopic (exact) mass is 334 g/mol. The normalized spacial score (nSPS) is 11.0. The standard InChI is InChI=1S/C13H11BrN4S/c14-12-9(4-3-5-10(12)15)8-19-13-17-16-11-6-1-2-7-18(11)13/h1-7H,8,15H2. The van der Waals surface area contributed by atoms with Crippen LogP contribution in [0.5, 0.6) is 0 Å². The van der Waals surface area contributed by atoms with Crippen LogP contribution < -0.4 is 5.73 Å². The molecule has 1 aromatic carbocycles. The maximum Gasteiger partial charge on any atom is 0.195 e. The second kappa shape index (κ2) is 5.22. The number of halogens is 1. The Morgan fingerprint density at radius 1 is 1.16 bits per heavy atom. The van der Waals surface area contributed by atoms with Crippen LogP contribution in [0.3, 0.4) is 0 Å². The number of nitrogen functional groups attached to an aromatic ring is 1. The third kappa shape index (κ3) is 2.46. The summed E-state index contributed by atoms with van der Waals surface area (Å²) in [4.78, 5) is 0. The van der Waals surface area contributed by atoms with Gasteiger partial charge in [0, 0.05) is 22.1 Å². The molecule has 0 bridgehead atoms. The Labute approximate surface area is 123 Å². The molecule has 0 saturated heterocycles. The molecule has 0 amide bonds. The Kier molecular flexibility index (Phi) is 3.44. The van der Waals surface area contributed by atoms with E-state index in [1.54, 1.807) is 11.8 Å². The molecule has 2 heterocycles. The van der Waals surface area contributed by atoms with Gasteiger partial charge >= 0.3 is 0 Å². The van der Waals surface area contributed by atoms with Gasteiger partial charge in [0.05, 0.1) is 0 Å². The maximum absolute atomic E-state index is 5.87. The summed E-state index contributed by atoms with van der Waals surface area (Å²) in [7, 11) is 0. The first-order valence-electron chi connectivity index (χ1n) is 5.71. The van der Waals surface area contributed by atoms with Crippen LogP contribution in [0.25, 0.3) is 5.65 Å². The van der Waals surface area contributed by atoms with Crippen LogP contribution in [-0.4, -0.2) is 14.6 Å². The van der Waals surface area contributed by atoms with Crippen molar-refractivity contribution in [2.45, 2.75) is 10.9 Å². The number of thioether (sulfide) groups is 1. The smallest absolute Gasteiger partial charge is 0.195 e. The molecule has 0 saturated carbocycles. The zero-order valence-electron chi connectivity index (χ0n) is 9.95. The Morgan fingerprint density at radius 2 is 2.05 bits per heavy atom. The Hall–Kier alpha value is -1.53. The van der Waals surface area contributed by atoms with Crippen LogP contribution in [-0.2, 0) is 5.75 Å². The molecule has 96 valence electrons. The molecule has 0 spiro atoms. The van der Waals surface area contributed by atoms with Crippen molar-refractivity contribution >= 4 is 39.0 Å². The van der Waals surface area contributed by atoms with Crippen molar-refractivity contribution < 1.29 is 0 Å². The van der Waals surface area contributed by atoms with Crippen LogP contribution in [0.2, 0.25) is 0 Å². The molecular weight excluding hydrogens is 324 g/mol. The van der Waals surface area contributed by atoms with Gasteiger partial charge in [0.1, 0.15) is 0 Å². The van der Waals surface area contributed by atoms with Gasteiger partial charge in [0.25, 0.3) is 0 Å². The first-order valence-corrected chi connectivity index (χ1v) is 7.49. The molecule has 3 aromatic rings. The van der Waals surface area contributed by atoms with E-state index in [9.17, 15) is 0 Å². The average Bonchev–Trinajstić information content (AvgIpc) is 2.84. The van der Waals surface area contributed by atoms with Crippen molar-refractivity contribution in [3.8, 4) is 0 Å². The molecule has 0 atom stereocenters. The highest BCUT2D eigenvalue weighted by Gasteiger charge is 2.08. The summed E-state index contributed by atoms with van der Waals surface area (Å²) in [6, 6.07) is 11.7. The fraction of sp³-hybridized carbons (Fsp3) is 0.0769. The molecule has 0 aliphatic carbocycles. The predicted molar refractivity (Wildman–Crippen MR) is 81.1 cm³/mol. The van der Waals surface area contributed by atoms with E-state index in [-0.39, 0.29) is 0 Å². The van der Waals surface area contributed by atoms with E-state index in [0.29, 0.717) is 0 Å². The lowest BCUT2D eigenvalue weighted by molar-refractivity contribution is 0.921. The molecule has 0 aliphatic heterocycles. The summed E-state index contributed by atoms with van der Waals surface area (Å²) in [5.74, 6) is 0.793. The van der Waals surface area contributed by atoms with E-state index in [4.69, 9.17) is 5.73 Å². The van der Waals surface area contributed by atoms with Crippen LogP contribution in [0, 0.1) is 0 Å². The van der Waals surface area contributed by atoms with Gasteiger partial charge in [0.2, 0.25) is 0 Å². The summed E-state index contributed by atoms with van der Waals surface area (Å²) in [5, 5.41) is 9.20. The second-order valence-electron chi connectivity index (χ2n) is 4.02. The number of nitrogens with zero attached hydrogens (tertiary/aromatic N) is 3. The molecule has 3 rings (SSSR count). The minimum absolute atomic E-state index is 0.754. The third-order valence-electron chi connectivity index (χ3n) is 2.75. The number of hydrogen-bond acceptors (Lipinski definition) is 4. The number of hydrogen-bond donors (Lipinski definition) is 1. The molecule has 2 aromatic heterocycles. The van der Waals surface area contributed by atoms with E-state index in [1.165, 1.54) is 0 Å².